The standard InChI is InChI=1S/C15H11Cl2NS/c1-10-3-6-12(7-4-10)19-15(18-2)11-5-8-13(16)14(17)9-11/h3-9,15H,1H3. The SMILES string of the molecule is [C-]#[N+]C(Sc1ccc(C)cc1)c1ccc(Cl)c(Cl)c1. The Morgan fingerprint density at radius 2 is 1.74 bits per heavy atom. The van der Waals surface area contributed by atoms with Crippen molar-refractivity contribution in [3.8, 4) is 0 Å². The van der Waals surface area contributed by atoms with E-state index in [0.29, 0.717) is 10.0 Å². The third-order valence-corrected chi connectivity index (χ3v) is 4.50. The van der Waals surface area contributed by atoms with Gasteiger partial charge in [0.25, 0.3) is 5.37 Å². The van der Waals surface area contributed by atoms with Gasteiger partial charge < -0.3 is 0 Å². The summed E-state index contributed by atoms with van der Waals surface area (Å²) in [5, 5.41) is 0.685. The van der Waals surface area contributed by atoms with Crippen LogP contribution in [-0.4, -0.2) is 0 Å². The first-order valence-electron chi connectivity index (χ1n) is 5.65. The molecule has 0 saturated carbocycles. The summed E-state index contributed by atoms with van der Waals surface area (Å²) in [7, 11) is 0. The summed E-state index contributed by atoms with van der Waals surface area (Å²) >= 11 is 13.4. The fraction of sp³-hybridized carbons (Fsp3) is 0.133. The lowest BCUT2D eigenvalue weighted by Gasteiger charge is -2.07. The lowest BCUT2D eigenvalue weighted by molar-refractivity contribution is 1.21. The molecular weight excluding hydrogens is 297 g/mol. The number of rotatable bonds is 3. The molecule has 0 aliphatic rings. The Kier molecular flexibility index (Phi) is 4.76. The van der Waals surface area contributed by atoms with Crippen LogP contribution in [0.3, 0.4) is 0 Å². The van der Waals surface area contributed by atoms with Crippen molar-refractivity contribution in [3.05, 3.63) is 75.1 Å². The minimum Gasteiger partial charge on any atom is -0.296 e. The van der Waals surface area contributed by atoms with Gasteiger partial charge in [0.1, 0.15) is 0 Å². The highest BCUT2D eigenvalue weighted by atomic mass is 35.5. The van der Waals surface area contributed by atoms with Crippen LogP contribution in [-0.2, 0) is 0 Å². The third kappa shape index (κ3) is 3.67. The van der Waals surface area contributed by atoms with E-state index >= 15 is 0 Å². The molecule has 0 aliphatic carbocycles. The van der Waals surface area contributed by atoms with Gasteiger partial charge in [-0.1, -0.05) is 40.9 Å². The van der Waals surface area contributed by atoms with Crippen LogP contribution in [0.2, 0.25) is 10.0 Å². The maximum absolute atomic E-state index is 7.34. The van der Waals surface area contributed by atoms with E-state index in [1.54, 1.807) is 12.1 Å². The molecule has 2 aromatic carbocycles. The van der Waals surface area contributed by atoms with Gasteiger partial charge >= 0.3 is 0 Å². The molecule has 1 unspecified atom stereocenters. The van der Waals surface area contributed by atoms with Crippen LogP contribution in [0.25, 0.3) is 4.85 Å². The first kappa shape index (κ1) is 14.3. The fourth-order valence-electron chi connectivity index (χ4n) is 1.58. The predicted octanol–water partition coefficient (Wildman–Crippen LogP) is 6.01. The fourth-order valence-corrected chi connectivity index (χ4v) is 2.77. The summed E-state index contributed by atoms with van der Waals surface area (Å²) < 4.78 is 0. The van der Waals surface area contributed by atoms with Crippen molar-refractivity contribution in [2.24, 2.45) is 0 Å². The Bertz CT molecular complexity index is 617. The summed E-state index contributed by atoms with van der Waals surface area (Å²) in [5.74, 6) is 0. The number of thioether (sulfide) groups is 1. The van der Waals surface area contributed by atoms with E-state index in [0.717, 1.165) is 10.5 Å². The molecule has 0 spiro atoms. The number of halogens is 2. The van der Waals surface area contributed by atoms with Crippen molar-refractivity contribution < 1.29 is 0 Å². The van der Waals surface area contributed by atoms with Crippen LogP contribution in [0.1, 0.15) is 16.5 Å². The molecule has 4 heteroatoms. The summed E-state index contributed by atoms with van der Waals surface area (Å²) in [6, 6.07) is 13.5. The Balaban J connectivity index is 2.23. The second-order valence-corrected chi connectivity index (χ2v) is 6.05. The van der Waals surface area contributed by atoms with Gasteiger partial charge in [-0.25, -0.2) is 6.57 Å². The summed E-state index contributed by atoms with van der Waals surface area (Å²) in [6.45, 7) is 9.38. The Morgan fingerprint density at radius 3 is 2.32 bits per heavy atom. The number of aryl methyl sites for hydroxylation is 1. The van der Waals surface area contributed by atoms with Crippen LogP contribution in [0.5, 0.6) is 0 Å². The van der Waals surface area contributed by atoms with E-state index < -0.39 is 0 Å². The van der Waals surface area contributed by atoms with E-state index in [4.69, 9.17) is 29.8 Å². The molecule has 1 nitrogen and oxygen atoms in total. The lowest BCUT2D eigenvalue weighted by atomic mass is 10.2. The van der Waals surface area contributed by atoms with Crippen molar-refractivity contribution in [1.82, 2.24) is 0 Å². The number of nitrogens with zero attached hydrogens (tertiary/aromatic N) is 1. The molecule has 2 aromatic rings. The van der Waals surface area contributed by atoms with Crippen LogP contribution in [0.4, 0.5) is 0 Å². The molecular formula is C15H11Cl2NS. The van der Waals surface area contributed by atoms with Crippen molar-refractivity contribution in [1.29, 1.82) is 0 Å². The zero-order valence-corrected chi connectivity index (χ0v) is 12.6. The van der Waals surface area contributed by atoms with Crippen LogP contribution in [0, 0.1) is 13.5 Å². The molecule has 96 valence electrons. The second kappa shape index (κ2) is 6.34. The monoisotopic (exact) mass is 307 g/mol. The molecule has 0 N–H and O–H groups in total. The largest absolute Gasteiger partial charge is 0.298 e. The molecule has 1 atom stereocenters. The van der Waals surface area contributed by atoms with Crippen molar-refractivity contribution >= 4 is 35.0 Å². The van der Waals surface area contributed by atoms with Crippen molar-refractivity contribution in [2.75, 3.05) is 0 Å². The third-order valence-electron chi connectivity index (χ3n) is 2.61. The van der Waals surface area contributed by atoms with Gasteiger partial charge in [-0.2, -0.15) is 0 Å². The molecule has 19 heavy (non-hydrogen) atoms. The number of hydrogen-bond donors (Lipinski definition) is 0. The highest BCUT2D eigenvalue weighted by Crippen LogP contribution is 2.38. The van der Waals surface area contributed by atoms with Gasteiger partial charge in [0.2, 0.25) is 0 Å². The minimum absolute atomic E-state index is 0.308. The highest BCUT2D eigenvalue weighted by Gasteiger charge is 2.18. The summed E-state index contributed by atoms with van der Waals surface area (Å²) in [6.07, 6.45) is 0. The molecule has 0 bridgehead atoms. The van der Waals surface area contributed by atoms with Crippen molar-refractivity contribution in [3.63, 3.8) is 0 Å². The van der Waals surface area contributed by atoms with Gasteiger partial charge in [-0.15, -0.1) is 0 Å². The van der Waals surface area contributed by atoms with E-state index in [1.807, 2.05) is 37.3 Å². The summed E-state index contributed by atoms with van der Waals surface area (Å²) in [5.41, 5.74) is 2.08. The zero-order chi connectivity index (χ0) is 13.8. The Morgan fingerprint density at radius 1 is 1.05 bits per heavy atom. The van der Waals surface area contributed by atoms with Crippen LogP contribution >= 0.6 is 35.0 Å². The van der Waals surface area contributed by atoms with Gasteiger partial charge in [-0.3, -0.25) is 4.85 Å². The summed E-state index contributed by atoms with van der Waals surface area (Å²) in [4.78, 5) is 4.73. The topological polar surface area (TPSA) is 4.36 Å². The molecule has 0 aliphatic heterocycles. The smallest absolute Gasteiger partial charge is 0.296 e. The average molecular weight is 308 g/mol. The van der Waals surface area contributed by atoms with E-state index in [9.17, 15) is 0 Å². The molecule has 2 rings (SSSR count). The predicted molar refractivity (Wildman–Crippen MR) is 82.8 cm³/mol. The highest BCUT2D eigenvalue weighted by molar-refractivity contribution is 7.99. The lowest BCUT2D eigenvalue weighted by Crippen LogP contribution is -1.88. The number of hydrogen-bond acceptors (Lipinski definition) is 1. The van der Waals surface area contributed by atoms with Gasteiger partial charge in [-0.05, 0) is 49.0 Å². The Labute approximate surface area is 127 Å². The van der Waals surface area contributed by atoms with Gasteiger partial charge in [0.15, 0.2) is 0 Å². The normalized spacial score (nSPS) is 11.9. The zero-order valence-electron chi connectivity index (χ0n) is 10.2. The van der Waals surface area contributed by atoms with E-state index in [-0.39, 0.29) is 5.37 Å². The molecule has 0 radical (unpaired) electrons. The Hall–Kier alpha value is -1.14. The minimum atomic E-state index is -0.308. The molecule has 0 amide bonds. The van der Waals surface area contributed by atoms with Gasteiger partial charge in [0.05, 0.1) is 10.0 Å². The second-order valence-electron chi connectivity index (χ2n) is 4.09. The average Bonchev–Trinajstić information content (AvgIpc) is 2.41. The van der Waals surface area contributed by atoms with Crippen molar-refractivity contribution in [2.45, 2.75) is 17.2 Å². The first-order chi connectivity index (χ1) is 9.10. The first-order valence-corrected chi connectivity index (χ1v) is 7.28. The van der Waals surface area contributed by atoms with Gasteiger partial charge in [0, 0.05) is 10.5 Å². The molecule has 0 heterocycles. The molecule has 0 fully saturated rings. The molecule has 0 saturated heterocycles. The van der Waals surface area contributed by atoms with E-state index in [2.05, 4.69) is 4.85 Å². The van der Waals surface area contributed by atoms with Crippen LogP contribution in [0.15, 0.2) is 47.4 Å². The number of benzene rings is 2. The molecule has 0 aromatic heterocycles. The maximum atomic E-state index is 7.34. The quantitative estimate of drug-likeness (QED) is 0.496. The maximum Gasteiger partial charge on any atom is 0.298 e. The van der Waals surface area contributed by atoms with E-state index in [1.165, 1.54) is 17.3 Å². The van der Waals surface area contributed by atoms with Crippen LogP contribution < -0.4 is 0 Å².